The number of hydrogen-bond acceptors (Lipinski definition) is 4. The van der Waals surface area contributed by atoms with Crippen molar-refractivity contribution in [2.45, 2.75) is 18.0 Å². The Morgan fingerprint density at radius 3 is 2.68 bits per heavy atom. The lowest BCUT2D eigenvalue weighted by Gasteiger charge is -2.10. The highest BCUT2D eigenvalue weighted by atomic mass is 32.2. The van der Waals surface area contributed by atoms with Crippen molar-refractivity contribution in [1.82, 2.24) is 0 Å². The zero-order valence-electron chi connectivity index (χ0n) is 9.95. The van der Waals surface area contributed by atoms with Gasteiger partial charge >= 0.3 is 12.1 Å². The lowest BCUT2D eigenvalue weighted by atomic mass is 10.1. The minimum absolute atomic E-state index is 0.0724. The second-order valence-electron chi connectivity index (χ2n) is 3.41. The van der Waals surface area contributed by atoms with E-state index in [1.807, 2.05) is 0 Å². The fourth-order valence-corrected chi connectivity index (χ4v) is 2.02. The number of hydrogen-bond donors (Lipinski definition) is 0. The van der Waals surface area contributed by atoms with E-state index in [4.69, 9.17) is 5.26 Å². The Morgan fingerprint density at radius 1 is 1.47 bits per heavy atom. The summed E-state index contributed by atoms with van der Waals surface area (Å²) in [6.07, 6.45) is -4.59. The second-order valence-corrected chi connectivity index (χ2v) is 4.46. The van der Waals surface area contributed by atoms with Crippen molar-refractivity contribution >= 4 is 17.7 Å². The minimum atomic E-state index is -4.59. The summed E-state index contributed by atoms with van der Waals surface area (Å²) in [5.74, 6) is -0.567. The van der Waals surface area contributed by atoms with E-state index >= 15 is 0 Å². The third-order valence-corrected chi connectivity index (χ3v) is 3.05. The van der Waals surface area contributed by atoms with Crippen LogP contribution in [0.2, 0.25) is 0 Å². The summed E-state index contributed by atoms with van der Waals surface area (Å²) in [6.45, 7) is 1.87. The molecule has 0 aliphatic carbocycles. The standard InChI is InChI=1S/C12H10F3NO2S/c1-2-18-11(17)7-19-9-4-3-8(6-16)10(5-9)12(13,14)15/h3-5H,2,7H2,1H3. The molecule has 19 heavy (non-hydrogen) atoms. The van der Waals surface area contributed by atoms with Gasteiger partial charge in [-0.3, -0.25) is 4.79 Å². The Hall–Kier alpha value is -1.68. The van der Waals surface area contributed by atoms with Crippen LogP contribution in [0.1, 0.15) is 18.1 Å². The molecule has 0 aromatic heterocycles. The van der Waals surface area contributed by atoms with Crippen molar-refractivity contribution < 1.29 is 22.7 Å². The quantitative estimate of drug-likeness (QED) is 0.630. The largest absolute Gasteiger partial charge is 0.465 e. The first kappa shape index (κ1) is 15.4. The van der Waals surface area contributed by atoms with E-state index in [1.165, 1.54) is 12.1 Å². The predicted molar refractivity (Wildman–Crippen MR) is 63.5 cm³/mol. The van der Waals surface area contributed by atoms with Crippen LogP contribution in [0.3, 0.4) is 0 Å². The van der Waals surface area contributed by atoms with E-state index in [0.29, 0.717) is 0 Å². The van der Waals surface area contributed by atoms with E-state index in [2.05, 4.69) is 4.74 Å². The SMILES string of the molecule is CCOC(=O)CSc1ccc(C#N)c(C(F)(F)F)c1. The van der Waals surface area contributed by atoms with Crippen LogP contribution < -0.4 is 0 Å². The van der Waals surface area contributed by atoms with Gasteiger partial charge in [0.05, 0.1) is 29.6 Å². The Balaban J connectivity index is 2.88. The van der Waals surface area contributed by atoms with Crippen LogP contribution in [0, 0.1) is 11.3 Å². The van der Waals surface area contributed by atoms with Crippen LogP contribution >= 0.6 is 11.8 Å². The van der Waals surface area contributed by atoms with E-state index in [9.17, 15) is 18.0 Å². The predicted octanol–water partition coefficient (Wildman–Crippen LogP) is 3.23. The first-order valence-corrected chi connectivity index (χ1v) is 6.26. The van der Waals surface area contributed by atoms with Gasteiger partial charge in [0.25, 0.3) is 0 Å². The third-order valence-electron chi connectivity index (χ3n) is 2.08. The fraction of sp³-hybridized carbons (Fsp3) is 0.333. The number of nitrogens with zero attached hydrogens (tertiary/aromatic N) is 1. The van der Waals surface area contributed by atoms with Crippen LogP contribution in [0.25, 0.3) is 0 Å². The highest BCUT2D eigenvalue weighted by Gasteiger charge is 2.33. The van der Waals surface area contributed by atoms with Gasteiger partial charge in [-0.05, 0) is 25.1 Å². The summed E-state index contributed by atoms with van der Waals surface area (Å²) < 4.78 is 42.7. The second kappa shape index (κ2) is 6.48. The average molecular weight is 289 g/mol. The highest BCUT2D eigenvalue weighted by molar-refractivity contribution is 8.00. The summed E-state index contributed by atoms with van der Waals surface area (Å²) in [5, 5.41) is 8.63. The molecule has 3 nitrogen and oxygen atoms in total. The molecule has 0 amide bonds. The van der Waals surface area contributed by atoms with E-state index < -0.39 is 23.3 Å². The average Bonchev–Trinajstić information content (AvgIpc) is 2.35. The van der Waals surface area contributed by atoms with Gasteiger partial charge in [0, 0.05) is 4.90 Å². The zero-order valence-corrected chi connectivity index (χ0v) is 10.8. The molecular weight excluding hydrogens is 279 g/mol. The number of benzene rings is 1. The molecule has 0 heterocycles. The van der Waals surface area contributed by atoms with Crippen LogP contribution in [0.4, 0.5) is 13.2 Å². The number of halogens is 3. The number of thioether (sulfide) groups is 1. The lowest BCUT2D eigenvalue weighted by molar-refractivity contribution is -0.140. The molecule has 0 bridgehead atoms. The van der Waals surface area contributed by atoms with Crippen molar-refractivity contribution in [3.8, 4) is 6.07 Å². The summed E-state index contributed by atoms with van der Waals surface area (Å²) >= 11 is 0.934. The maximum absolute atomic E-state index is 12.7. The summed E-state index contributed by atoms with van der Waals surface area (Å²) in [7, 11) is 0. The number of alkyl halides is 3. The molecule has 0 spiro atoms. The van der Waals surface area contributed by atoms with Crippen molar-refractivity contribution in [3.63, 3.8) is 0 Å². The Kier molecular flexibility index (Phi) is 5.24. The van der Waals surface area contributed by atoms with Crippen molar-refractivity contribution in [2.75, 3.05) is 12.4 Å². The minimum Gasteiger partial charge on any atom is -0.465 e. The molecule has 7 heteroatoms. The van der Waals surface area contributed by atoms with Gasteiger partial charge in [-0.1, -0.05) is 0 Å². The number of nitriles is 1. The molecule has 1 aromatic rings. The molecule has 102 valence electrons. The number of carbonyl (C=O) groups is 1. The first-order chi connectivity index (χ1) is 8.88. The Labute approximate surface area is 112 Å². The number of ether oxygens (including phenoxy) is 1. The Bertz CT molecular complexity index is 509. The van der Waals surface area contributed by atoms with E-state index in [1.54, 1.807) is 6.92 Å². The topological polar surface area (TPSA) is 50.1 Å². The molecule has 0 aliphatic heterocycles. The molecule has 0 unspecified atom stereocenters. The maximum Gasteiger partial charge on any atom is 0.417 e. The first-order valence-electron chi connectivity index (χ1n) is 5.28. The van der Waals surface area contributed by atoms with Crippen molar-refractivity contribution in [2.24, 2.45) is 0 Å². The molecule has 1 rings (SSSR count). The van der Waals surface area contributed by atoms with Crippen LogP contribution in [-0.4, -0.2) is 18.3 Å². The smallest absolute Gasteiger partial charge is 0.417 e. The molecule has 1 aromatic carbocycles. The zero-order chi connectivity index (χ0) is 14.5. The van der Waals surface area contributed by atoms with Crippen molar-refractivity contribution in [3.05, 3.63) is 29.3 Å². The van der Waals surface area contributed by atoms with Crippen LogP contribution in [0.15, 0.2) is 23.1 Å². The van der Waals surface area contributed by atoms with Gasteiger partial charge in [0.2, 0.25) is 0 Å². The summed E-state index contributed by atoms with van der Waals surface area (Å²) in [6, 6.07) is 4.82. The summed E-state index contributed by atoms with van der Waals surface area (Å²) in [4.78, 5) is 11.4. The Morgan fingerprint density at radius 2 is 2.16 bits per heavy atom. The van der Waals surface area contributed by atoms with Gasteiger partial charge in [-0.15, -0.1) is 11.8 Å². The van der Waals surface area contributed by atoms with E-state index in [-0.39, 0.29) is 17.3 Å². The number of esters is 1. The van der Waals surface area contributed by atoms with Gasteiger partial charge < -0.3 is 4.74 Å². The molecule has 0 atom stereocenters. The maximum atomic E-state index is 12.7. The molecule has 0 saturated carbocycles. The normalized spacial score (nSPS) is 10.9. The lowest BCUT2D eigenvalue weighted by Crippen LogP contribution is -2.09. The molecule has 0 fully saturated rings. The molecular formula is C12H10F3NO2S. The van der Waals surface area contributed by atoms with Crippen molar-refractivity contribution in [1.29, 1.82) is 5.26 Å². The highest BCUT2D eigenvalue weighted by Crippen LogP contribution is 2.34. The molecule has 0 radical (unpaired) electrons. The van der Waals surface area contributed by atoms with E-state index in [0.717, 1.165) is 23.9 Å². The molecule has 0 aliphatic rings. The van der Waals surface area contributed by atoms with Gasteiger partial charge in [0.15, 0.2) is 0 Å². The number of rotatable bonds is 4. The van der Waals surface area contributed by atoms with Crippen LogP contribution in [-0.2, 0) is 15.7 Å². The van der Waals surface area contributed by atoms with Gasteiger partial charge in [-0.25, -0.2) is 0 Å². The van der Waals surface area contributed by atoms with Gasteiger partial charge in [0.1, 0.15) is 0 Å². The number of carbonyl (C=O) groups excluding carboxylic acids is 1. The van der Waals surface area contributed by atoms with Crippen LogP contribution in [0.5, 0.6) is 0 Å². The fourth-order valence-electron chi connectivity index (χ4n) is 1.29. The van der Waals surface area contributed by atoms with Gasteiger partial charge in [-0.2, -0.15) is 18.4 Å². The molecule has 0 saturated heterocycles. The monoisotopic (exact) mass is 289 g/mol. The summed E-state index contributed by atoms with van der Waals surface area (Å²) in [5.41, 5.74) is -1.43. The third kappa shape index (κ3) is 4.48. The molecule has 0 N–H and O–H groups in total.